The van der Waals surface area contributed by atoms with Crippen molar-refractivity contribution in [2.75, 3.05) is 12.4 Å². The van der Waals surface area contributed by atoms with Gasteiger partial charge in [0.1, 0.15) is 23.5 Å². The van der Waals surface area contributed by atoms with Crippen LogP contribution in [0.15, 0.2) is 30.5 Å². The topological polar surface area (TPSA) is 104 Å². The highest BCUT2D eigenvalue weighted by Gasteiger charge is 2.43. The van der Waals surface area contributed by atoms with Gasteiger partial charge in [-0.05, 0) is 30.7 Å². The summed E-state index contributed by atoms with van der Waals surface area (Å²) in [4.78, 5) is 28.2. The van der Waals surface area contributed by atoms with Crippen molar-refractivity contribution >= 4 is 17.6 Å². The van der Waals surface area contributed by atoms with Crippen molar-refractivity contribution < 1.29 is 18.7 Å². The number of urea groups is 1. The molecule has 0 radical (unpaired) electrons. The highest BCUT2D eigenvalue weighted by Crippen LogP contribution is 2.47. The average molecular weight is 382 g/mol. The molecular formula is C20H19FN4O3. The summed E-state index contributed by atoms with van der Waals surface area (Å²) < 4.78 is 19.8. The molecule has 7 nitrogen and oxygen atoms in total. The summed E-state index contributed by atoms with van der Waals surface area (Å²) in [6.07, 6.45) is 2.17. The number of anilines is 1. The van der Waals surface area contributed by atoms with E-state index >= 15 is 0 Å². The van der Waals surface area contributed by atoms with Crippen LogP contribution in [0.5, 0.6) is 5.75 Å². The Balaban J connectivity index is 1.70. The van der Waals surface area contributed by atoms with E-state index in [0.717, 1.165) is 0 Å². The maximum absolute atomic E-state index is 14.4. The van der Waals surface area contributed by atoms with Crippen LogP contribution in [0.4, 0.5) is 15.0 Å². The molecule has 1 aliphatic carbocycles. The summed E-state index contributed by atoms with van der Waals surface area (Å²) in [6, 6.07) is 6.93. The van der Waals surface area contributed by atoms with Crippen LogP contribution in [0.25, 0.3) is 0 Å². The number of nitrogens with one attached hydrogen (secondary N) is 2. The third kappa shape index (κ3) is 3.93. The number of aromatic nitrogens is 1. The van der Waals surface area contributed by atoms with Crippen molar-refractivity contribution in [2.24, 2.45) is 0 Å². The van der Waals surface area contributed by atoms with E-state index in [-0.39, 0.29) is 29.9 Å². The number of Topliss-reactive ketones (excluding diaryl/α,β-unsaturated/α-hetero) is 1. The molecule has 1 saturated carbocycles. The predicted molar refractivity (Wildman–Crippen MR) is 99.8 cm³/mol. The van der Waals surface area contributed by atoms with Gasteiger partial charge in [-0.3, -0.25) is 10.1 Å². The number of rotatable bonds is 6. The number of carbonyl (C=O) groups is 2. The molecular weight excluding hydrogens is 363 g/mol. The summed E-state index contributed by atoms with van der Waals surface area (Å²) >= 11 is 0. The first-order valence-electron chi connectivity index (χ1n) is 8.81. The minimum absolute atomic E-state index is 0.132. The molecule has 0 unspecified atom stereocenters. The first-order valence-corrected chi connectivity index (χ1v) is 8.81. The largest absolute Gasteiger partial charge is 0.496 e. The number of hydrogen-bond acceptors (Lipinski definition) is 5. The van der Waals surface area contributed by atoms with Crippen LogP contribution in [0, 0.1) is 17.1 Å². The van der Waals surface area contributed by atoms with E-state index in [4.69, 9.17) is 10.00 Å². The van der Waals surface area contributed by atoms with Gasteiger partial charge in [0.05, 0.1) is 18.2 Å². The number of halogens is 1. The van der Waals surface area contributed by atoms with Gasteiger partial charge in [0.15, 0.2) is 5.78 Å². The smallest absolute Gasteiger partial charge is 0.320 e. The number of benzene rings is 1. The Morgan fingerprint density at radius 2 is 2.14 bits per heavy atom. The van der Waals surface area contributed by atoms with Crippen LogP contribution in [-0.2, 0) is 0 Å². The van der Waals surface area contributed by atoms with Gasteiger partial charge in [0.2, 0.25) is 0 Å². The second-order valence-corrected chi connectivity index (χ2v) is 6.41. The molecule has 2 atom stereocenters. The molecule has 1 fully saturated rings. The minimum Gasteiger partial charge on any atom is -0.496 e. The van der Waals surface area contributed by atoms with E-state index in [1.165, 1.54) is 31.5 Å². The van der Waals surface area contributed by atoms with Crippen molar-refractivity contribution in [2.45, 2.75) is 31.7 Å². The minimum atomic E-state index is -0.482. The number of hydrogen-bond donors (Lipinski definition) is 2. The standard InChI is InChI=1S/C20H19FN4O3/c1-3-16(26)12-5-6-14(21)18(19(12)28-2)13-8-15(13)24-20(27)25-17-7-4-11(9-22)10-23-17/h4-7,10,13,15H,3,8H2,1-2H3,(H2,23,24,25,27)/t13-,15+/m1/s1. The molecule has 3 rings (SSSR count). The lowest BCUT2D eigenvalue weighted by Gasteiger charge is -2.14. The van der Waals surface area contributed by atoms with Gasteiger partial charge in [-0.2, -0.15) is 5.26 Å². The summed E-state index contributed by atoms with van der Waals surface area (Å²) in [5.41, 5.74) is 1.04. The average Bonchev–Trinajstić information content (AvgIpc) is 3.45. The predicted octanol–water partition coefficient (Wildman–Crippen LogP) is 3.37. The molecule has 1 aromatic heterocycles. The number of carbonyl (C=O) groups excluding carboxylic acids is 2. The highest BCUT2D eigenvalue weighted by atomic mass is 19.1. The molecule has 0 aliphatic heterocycles. The number of pyridine rings is 1. The Kier molecular flexibility index (Phi) is 5.54. The lowest BCUT2D eigenvalue weighted by molar-refractivity contribution is 0.0985. The van der Waals surface area contributed by atoms with Crippen LogP contribution in [0.1, 0.15) is 47.2 Å². The van der Waals surface area contributed by atoms with Crippen LogP contribution >= 0.6 is 0 Å². The number of ether oxygens (including phenoxy) is 1. The summed E-state index contributed by atoms with van der Waals surface area (Å²) in [6.45, 7) is 1.73. The zero-order valence-corrected chi connectivity index (χ0v) is 15.5. The van der Waals surface area contributed by atoms with Crippen LogP contribution in [0.2, 0.25) is 0 Å². The van der Waals surface area contributed by atoms with Crippen molar-refractivity contribution in [1.82, 2.24) is 10.3 Å². The Hall–Kier alpha value is -3.47. The summed E-state index contributed by atoms with van der Waals surface area (Å²) in [7, 11) is 1.40. The molecule has 8 heteroatoms. The first kappa shape index (κ1) is 19.3. The van der Waals surface area contributed by atoms with Crippen LogP contribution in [0.3, 0.4) is 0 Å². The van der Waals surface area contributed by atoms with E-state index in [0.29, 0.717) is 28.9 Å². The van der Waals surface area contributed by atoms with Gasteiger partial charge in [-0.1, -0.05) is 6.92 Å². The lowest BCUT2D eigenvalue weighted by Crippen LogP contribution is -2.31. The number of methoxy groups -OCH3 is 1. The molecule has 0 saturated heterocycles. The zero-order valence-electron chi connectivity index (χ0n) is 15.5. The maximum atomic E-state index is 14.4. The van der Waals surface area contributed by atoms with E-state index in [1.807, 2.05) is 6.07 Å². The number of nitriles is 1. The van der Waals surface area contributed by atoms with E-state index in [1.54, 1.807) is 13.0 Å². The number of nitrogens with zero attached hydrogens (tertiary/aromatic N) is 2. The van der Waals surface area contributed by atoms with E-state index in [2.05, 4.69) is 15.6 Å². The van der Waals surface area contributed by atoms with Crippen molar-refractivity contribution in [3.63, 3.8) is 0 Å². The molecule has 2 aromatic rings. The Bertz CT molecular complexity index is 953. The number of amides is 2. The molecule has 28 heavy (non-hydrogen) atoms. The fraction of sp³-hybridized carbons (Fsp3) is 0.300. The third-order valence-corrected chi connectivity index (χ3v) is 4.58. The lowest BCUT2D eigenvalue weighted by atomic mass is 10.00. The molecule has 144 valence electrons. The van der Waals surface area contributed by atoms with Crippen LogP contribution < -0.4 is 15.4 Å². The quantitative estimate of drug-likeness (QED) is 0.746. The molecule has 2 N–H and O–H groups in total. The van der Waals surface area contributed by atoms with Gasteiger partial charge in [0, 0.05) is 30.1 Å². The molecule has 0 spiro atoms. The first-order chi connectivity index (χ1) is 13.5. The summed E-state index contributed by atoms with van der Waals surface area (Å²) in [5, 5.41) is 14.1. The zero-order chi connectivity index (χ0) is 20.3. The van der Waals surface area contributed by atoms with Gasteiger partial charge < -0.3 is 10.1 Å². The molecule has 1 heterocycles. The fourth-order valence-corrected chi connectivity index (χ4v) is 3.08. The molecule has 2 amide bonds. The molecule has 1 aromatic carbocycles. The van der Waals surface area contributed by atoms with Crippen molar-refractivity contribution in [3.05, 3.63) is 53.0 Å². The monoisotopic (exact) mass is 382 g/mol. The second-order valence-electron chi connectivity index (χ2n) is 6.41. The van der Waals surface area contributed by atoms with Crippen molar-refractivity contribution in [3.8, 4) is 11.8 Å². The summed E-state index contributed by atoms with van der Waals surface area (Å²) in [5.74, 6) is -0.344. The Labute approximate surface area is 161 Å². The van der Waals surface area contributed by atoms with Crippen molar-refractivity contribution in [1.29, 1.82) is 5.26 Å². The highest BCUT2D eigenvalue weighted by molar-refractivity contribution is 5.99. The third-order valence-electron chi connectivity index (χ3n) is 4.58. The van der Waals surface area contributed by atoms with Gasteiger partial charge in [-0.15, -0.1) is 0 Å². The Morgan fingerprint density at radius 1 is 1.36 bits per heavy atom. The maximum Gasteiger partial charge on any atom is 0.320 e. The second kappa shape index (κ2) is 8.05. The normalized spacial score (nSPS) is 17.4. The van der Waals surface area contributed by atoms with Crippen LogP contribution in [-0.4, -0.2) is 29.9 Å². The van der Waals surface area contributed by atoms with Gasteiger partial charge in [-0.25, -0.2) is 14.2 Å². The fourth-order valence-electron chi connectivity index (χ4n) is 3.08. The molecule has 0 bridgehead atoms. The SMILES string of the molecule is CCC(=O)c1ccc(F)c([C@@H]2C[C@@H]2NC(=O)Nc2ccc(C#N)cn2)c1OC. The van der Waals surface area contributed by atoms with Gasteiger partial charge in [0.25, 0.3) is 0 Å². The van der Waals surface area contributed by atoms with E-state index < -0.39 is 11.8 Å². The number of ketones is 1. The van der Waals surface area contributed by atoms with Gasteiger partial charge >= 0.3 is 6.03 Å². The Morgan fingerprint density at radius 3 is 2.75 bits per heavy atom. The molecule has 1 aliphatic rings. The van der Waals surface area contributed by atoms with E-state index in [9.17, 15) is 14.0 Å².